The van der Waals surface area contributed by atoms with E-state index in [2.05, 4.69) is 5.32 Å². The number of halogens is 1. The number of carboxylic acid groups (broad SMARTS) is 2. The van der Waals surface area contributed by atoms with Gasteiger partial charge in [-0.25, -0.2) is 4.79 Å². The lowest BCUT2D eigenvalue weighted by Crippen LogP contribution is -2.36. The number of carbonyl (C=O) groups excluding carboxylic acids is 1. The van der Waals surface area contributed by atoms with Crippen LogP contribution in [0, 0.1) is 11.8 Å². The molecule has 7 heteroatoms. The zero-order valence-electron chi connectivity index (χ0n) is 11.7. The summed E-state index contributed by atoms with van der Waals surface area (Å²) in [5, 5.41) is 20.9. The van der Waals surface area contributed by atoms with E-state index in [0.717, 1.165) is 12.8 Å². The molecule has 0 bridgehead atoms. The lowest BCUT2D eigenvalue weighted by Gasteiger charge is -2.27. The Kier molecular flexibility index (Phi) is 5.03. The van der Waals surface area contributed by atoms with Crippen molar-refractivity contribution in [1.29, 1.82) is 0 Å². The van der Waals surface area contributed by atoms with Gasteiger partial charge < -0.3 is 15.5 Å². The van der Waals surface area contributed by atoms with E-state index in [-0.39, 0.29) is 10.6 Å². The maximum absolute atomic E-state index is 12.3. The molecule has 118 valence electrons. The van der Waals surface area contributed by atoms with Crippen LogP contribution < -0.4 is 5.32 Å². The van der Waals surface area contributed by atoms with Crippen molar-refractivity contribution in [2.45, 2.75) is 25.7 Å². The van der Waals surface area contributed by atoms with Gasteiger partial charge >= 0.3 is 11.9 Å². The van der Waals surface area contributed by atoms with Crippen molar-refractivity contribution in [2.24, 2.45) is 11.8 Å². The second-order valence-corrected chi connectivity index (χ2v) is 5.73. The van der Waals surface area contributed by atoms with E-state index in [1.54, 1.807) is 0 Å². The summed E-state index contributed by atoms with van der Waals surface area (Å²) < 4.78 is 0. The molecule has 3 N–H and O–H groups in total. The summed E-state index contributed by atoms with van der Waals surface area (Å²) in [6.45, 7) is 0. The van der Waals surface area contributed by atoms with Gasteiger partial charge in [-0.05, 0) is 31.0 Å². The largest absolute Gasteiger partial charge is 0.481 e. The Morgan fingerprint density at radius 2 is 1.73 bits per heavy atom. The minimum atomic E-state index is -1.19. The number of aliphatic carboxylic acids is 1. The monoisotopic (exact) mass is 325 g/mol. The van der Waals surface area contributed by atoms with Gasteiger partial charge in [0.05, 0.1) is 22.4 Å². The van der Waals surface area contributed by atoms with Gasteiger partial charge in [-0.2, -0.15) is 0 Å². The Morgan fingerprint density at radius 1 is 1.09 bits per heavy atom. The fourth-order valence-corrected chi connectivity index (χ4v) is 2.94. The van der Waals surface area contributed by atoms with Crippen LogP contribution in [-0.2, 0) is 9.59 Å². The molecule has 0 aliphatic heterocycles. The van der Waals surface area contributed by atoms with E-state index in [1.165, 1.54) is 18.2 Å². The third-order valence-corrected chi connectivity index (χ3v) is 4.21. The molecule has 0 aromatic heterocycles. The topological polar surface area (TPSA) is 104 Å². The van der Waals surface area contributed by atoms with Crippen molar-refractivity contribution in [3.8, 4) is 0 Å². The van der Waals surface area contributed by atoms with E-state index in [0.29, 0.717) is 18.5 Å². The summed E-state index contributed by atoms with van der Waals surface area (Å²) in [6.07, 6.45) is 2.60. The van der Waals surface area contributed by atoms with E-state index in [4.69, 9.17) is 16.7 Å². The third-order valence-electron chi connectivity index (χ3n) is 3.88. The Morgan fingerprint density at radius 3 is 2.32 bits per heavy atom. The second kappa shape index (κ2) is 6.79. The number of hydrogen-bond donors (Lipinski definition) is 3. The molecule has 1 saturated carbocycles. The average Bonchev–Trinajstić information content (AvgIpc) is 2.48. The Hall–Kier alpha value is -2.08. The number of carbonyl (C=O) groups is 3. The highest BCUT2D eigenvalue weighted by molar-refractivity contribution is 6.33. The van der Waals surface area contributed by atoms with E-state index >= 15 is 0 Å². The van der Waals surface area contributed by atoms with Crippen molar-refractivity contribution >= 4 is 35.1 Å². The first-order valence-electron chi connectivity index (χ1n) is 6.96. The quantitative estimate of drug-likeness (QED) is 0.789. The maximum atomic E-state index is 12.3. The molecule has 0 radical (unpaired) electrons. The Labute approximate surface area is 132 Å². The molecule has 2 rings (SSSR count). The number of nitrogens with one attached hydrogen (secondary N) is 1. The number of amides is 1. The third kappa shape index (κ3) is 3.57. The first-order chi connectivity index (χ1) is 10.4. The predicted molar refractivity (Wildman–Crippen MR) is 80.1 cm³/mol. The van der Waals surface area contributed by atoms with E-state index in [9.17, 15) is 19.5 Å². The molecule has 1 fully saturated rings. The van der Waals surface area contributed by atoms with Crippen molar-refractivity contribution < 1.29 is 24.6 Å². The van der Waals surface area contributed by atoms with Crippen LogP contribution in [0.2, 0.25) is 5.02 Å². The van der Waals surface area contributed by atoms with Crippen LogP contribution in [0.4, 0.5) is 5.69 Å². The lowest BCUT2D eigenvalue weighted by atomic mass is 9.78. The summed E-state index contributed by atoms with van der Waals surface area (Å²) in [7, 11) is 0. The SMILES string of the molecule is O=C(O)c1cc(NC(=O)C2CCCCC2C(=O)O)ccc1Cl. The van der Waals surface area contributed by atoms with Crippen LogP contribution in [0.3, 0.4) is 0 Å². The van der Waals surface area contributed by atoms with Gasteiger partial charge in [0.1, 0.15) is 0 Å². The number of anilines is 1. The van der Waals surface area contributed by atoms with Crippen LogP contribution in [-0.4, -0.2) is 28.1 Å². The van der Waals surface area contributed by atoms with Gasteiger partial charge in [-0.1, -0.05) is 24.4 Å². The average molecular weight is 326 g/mol. The van der Waals surface area contributed by atoms with Crippen LogP contribution in [0.25, 0.3) is 0 Å². The molecule has 1 aliphatic carbocycles. The smallest absolute Gasteiger partial charge is 0.337 e. The summed E-state index contributed by atoms with van der Waals surface area (Å²) in [4.78, 5) is 34.6. The molecule has 0 heterocycles. The summed E-state index contributed by atoms with van der Waals surface area (Å²) >= 11 is 5.77. The zero-order valence-corrected chi connectivity index (χ0v) is 12.5. The Balaban J connectivity index is 2.16. The van der Waals surface area contributed by atoms with Crippen molar-refractivity contribution in [2.75, 3.05) is 5.32 Å². The van der Waals surface area contributed by atoms with Crippen LogP contribution in [0.5, 0.6) is 0 Å². The van der Waals surface area contributed by atoms with Gasteiger partial charge in [-0.3, -0.25) is 9.59 Å². The van der Waals surface area contributed by atoms with Gasteiger partial charge in [0.25, 0.3) is 0 Å². The van der Waals surface area contributed by atoms with Gasteiger partial charge in [0.15, 0.2) is 0 Å². The van der Waals surface area contributed by atoms with Gasteiger partial charge in [0.2, 0.25) is 5.91 Å². The molecule has 6 nitrogen and oxygen atoms in total. The van der Waals surface area contributed by atoms with Crippen molar-refractivity contribution in [3.63, 3.8) is 0 Å². The highest BCUT2D eigenvalue weighted by atomic mass is 35.5. The number of carboxylic acids is 2. The molecule has 1 aromatic carbocycles. The summed E-state index contributed by atoms with van der Waals surface area (Å²) in [5.74, 6) is -3.86. The molecule has 0 spiro atoms. The summed E-state index contributed by atoms with van der Waals surface area (Å²) in [6, 6.07) is 4.14. The number of aromatic carboxylic acids is 1. The lowest BCUT2D eigenvalue weighted by molar-refractivity contribution is -0.147. The zero-order chi connectivity index (χ0) is 16.3. The number of rotatable bonds is 4. The van der Waals surface area contributed by atoms with Gasteiger partial charge in [-0.15, -0.1) is 0 Å². The molecule has 1 amide bonds. The van der Waals surface area contributed by atoms with Crippen LogP contribution >= 0.6 is 11.6 Å². The molecular formula is C15H16ClNO5. The first kappa shape index (κ1) is 16.3. The van der Waals surface area contributed by atoms with Gasteiger partial charge in [0, 0.05) is 5.69 Å². The van der Waals surface area contributed by atoms with E-state index < -0.39 is 29.7 Å². The fraction of sp³-hybridized carbons (Fsp3) is 0.400. The maximum Gasteiger partial charge on any atom is 0.337 e. The standard InChI is InChI=1S/C15H16ClNO5/c16-12-6-5-8(7-11(12)15(21)22)17-13(18)9-3-1-2-4-10(9)14(19)20/h5-7,9-10H,1-4H2,(H,17,18)(H,19,20)(H,21,22). The molecule has 2 unspecified atom stereocenters. The van der Waals surface area contributed by atoms with E-state index in [1.807, 2.05) is 0 Å². The van der Waals surface area contributed by atoms with Crippen LogP contribution in [0.1, 0.15) is 36.0 Å². The normalized spacial score (nSPS) is 21.1. The first-order valence-corrected chi connectivity index (χ1v) is 7.34. The molecule has 1 aliphatic rings. The molecule has 0 saturated heterocycles. The van der Waals surface area contributed by atoms with Crippen molar-refractivity contribution in [3.05, 3.63) is 28.8 Å². The number of hydrogen-bond acceptors (Lipinski definition) is 3. The number of benzene rings is 1. The minimum Gasteiger partial charge on any atom is -0.481 e. The minimum absolute atomic E-state index is 0.0755. The molecule has 22 heavy (non-hydrogen) atoms. The molecule has 1 aromatic rings. The second-order valence-electron chi connectivity index (χ2n) is 5.32. The molecular weight excluding hydrogens is 310 g/mol. The Bertz CT molecular complexity index is 616. The fourth-order valence-electron chi connectivity index (χ4n) is 2.74. The predicted octanol–water partition coefficient (Wildman–Crippen LogP) is 2.87. The van der Waals surface area contributed by atoms with Crippen molar-refractivity contribution in [1.82, 2.24) is 0 Å². The highest BCUT2D eigenvalue weighted by Gasteiger charge is 2.35. The van der Waals surface area contributed by atoms with Crippen LogP contribution in [0.15, 0.2) is 18.2 Å². The molecule has 2 atom stereocenters. The highest BCUT2D eigenvalue weighted by Crippen LogP contribution is 2.31. The summed E-state index contributed by atoms with van der Waals surface area (Å²) in [5.41, 5.74) is 0.180.